The summed E-state index contributed by atoms with van der Waals surface area (Å²) in [6.07, 6.45) is 10.1. The molecule has 0 spiro atoms. The van der Waals surface area contributed by atoms with E-state index in [1.54, 1.807) is 30.6 Å². The topological polar surface area (TPSA) is 84.0 Å². The highest BCUT2D eigenvalue weighted by molar-refractivity contribution is 5.96. The molecule has 2 N–H and O–H groups in total. The fourth-order valence-corrected chi connectivity index (χ4v) is 3.14. The van der Waals surface area contributed by atoms with Gasteiger partial charge in [-0.25, -0.2) is 4.98 Å². The standard InChI is InChI=1S/C20H24N4O2/c25-19(22-14-15-10-12-21-13-11-15)17-8-5-9-18(24-17)20(26)23-16-6-3-1-2-4-7-16/h5,8-13,16H,1-4,6-7,14H2,(H,22,25)(H,23,26). The summed E-state index contributed by atoms with van der Waals surface area (Å²) in [5.74, 6) is -0.508. The van der Waals surface area contributed by atoms with Crippen LogP contribution in [0.15, 0.2) is 42.7 Å². The third-order valence-corrected chi connectivity index (χ3v) is 4.61. The van der Waals surface area contributed by atoms with Gasteiger partial charge in [-0.1, -0.05) is 31.7 Å². The van der Waals surface area contributed by atoms with Gasteiger partial charge in [-0.2, -0.15) is 0 Å². The van der Waals surface area contributed by atoms with Gasteiger partial charge in [-0.15, -0.1) is 0 Å². The number of carbonyl (C=O) groups excluding carboxylic acids is 2. The van der Waals surface area contributed by atoms with Crippen LogP contribution in [0.2, 0.25) is 0 Å². The first-order valence-electron chi connectivity index (χ1n) is 9.17. The number of hydrogen-bond donors (Lipinski definition) is 2. The number of nitrogens with one attached hydrogen (secondary N) is 2. The Morgan fingerprint density at radius 3 is 2.27 bits per heavy atom. The van der Waals surface area contributed by atoms with Gasteiger partial charge in [-0.05, 0) is 42.7 Å². The first kappa shape index (κ1) is 18.0. The number of hydrogen-bond acceptors (Lipinski definition) is 4. The largest absolute Gasteiger partial charge is 0.348 e. The Balaban J connectivity index is 1.59. The molecule has 2 amide bonds. The van der Waals surface area contributed by atoms with Gasteiger partial charge < -0.3 is 10.6 Å². The van der Waals surface area contributed by atoms with Crippen molar-refractivity contribution in [2.24, 2.45) is 0 Å². The molecular formula is C20H24N4O2. The molecule has 1 aliphatic rings. The van der Waals surface area contributed by atoms with Crippen molar-refractivity contribution < 1.29 is 9.59 Å². The van der Waals surface area contributed by atoms with E-state index in [0.717, 1.165) is 31.2 Å². The van der Waals surface area contributed by atoms with Crippen molar-refractivity contribution in [2.75, 3.05) is 0 Å². The van der Waals surface area contributed by atoms with Gasteiger partial charge in [0.25, 0.3) is 11.8 Å². The van der Waals surface area contributed by atoms with Crippen molar-refractivity contribution in [3.63, 3.8) is 0 Å². The molecule has 3 rings (SSSR count). The van der Waals surface area contributed by atoms with E-state index in [1.165, 1.54) is 12.8 Å². The second-order valence-corrected chi connectivity index (χ2v) is 6.61. The van der Waals surface area contributed by atoms with Gasteiger partial charge in [0.1, 0.15) is 11.4 Å². The number of aromatic nitrogens is 2. The van der Waals surface area contributed by atoms with E-state index >= 15 is 0 Å². The van der Waals surface area contributed by atoms with Gasteiger partial charge in [0.15, 0.2) is 0 Å². The maximum absolute atomic E-state index is 12.5. The van der Waals surface area contributed by atoms with E-state index in [4.69, 9.17) is 0 Å². The van der Waals surface area contributed by atoms with Gasteiger partial charge in [0, 0.05) is 25.0 Å². The lowest BCUT2D eigenvalue weighted by Gasteiger charge is -2.16. The zero-order chi connectivity index (χ0) is 18.2. The Kier molecular flexibility index (Phi) is 6.30. The molecule has 2 heterocycles. The molecule has 0 atom stereocenters. The number of nitrogens with zero attached hydrogens (tertiary/aromatic N) is 2. The van der Waals surface area contributed by atoms with Gasteiger partial charge in [-0.3, -0.25) is 14.6 Å². The van der Waals surface area contributed by atoms with Crippen molar-refractivity contribution in [1.82, 2.24) is 20.6 Å². The van der Waals surface area contributed by atoms with E-state index < -0.39 is 0 Å². The van der Waals surface area contributed by atoms with Crippen molar-refractivity contribution in [2.45, 2.75) is 51.1 Å². The molecule has 0 aliphatic heterocycles. The Labute approximate surface area is 153 Å². The third-order valence-electron chi connectivity index (χ3n) is 4.61. The highest BCUT2D eigenvalue weighted by Crippen LogP contribution is 2.17. The maximum atomic E-state index is 12.5. The van der Waals surface area contributed by atoms with Crippen LogP contribution in [0.3, 0.4) is 0 Å². The van der Waals surface area contributed by atoms with Crippen LogP contribution in [0.4, 0.5) is 0 Å². The Bertz CT molecular complexity index is 740. The van der Waals surface area contributed by atoms with Crippen LogP contribution in [-0.4, -0.2) is 27.8 Å². The fraction of sp³-hybridized carbons (Fsp3) is 0.400. The monoisotopic (exact) mass is 352 g/mol. The van der Waals surface area contributed by atoms with Crippen LogP contribution in [0.1, 0.15) is 65.1 Å². The highest BCUT2D eigenvalue weighted by atomic mass is 16.2. The van der Waals surface area contributed by atoms with Crippen LogP contribution in [0.25, 0.3) is 0 Å². The van der Waals surface area contributed by atoms with E-state index in [2.05, 4.69) is 20.6 Å². The first-order chi connectivity index (χ1) is 12.7. The molecule has 0 radical (unpaired) electrons. The molecule has 1 aliphatic carbocycles. The number of rotatable bonds is 5. The summed E-state index contributed by atoms with van der Waals surface area (Å²) in [6.45, 7) is 0.390. The van der Waals surface area contributed by atoms with Crippen LogP contribution >= 0.6 is 0 Å². The van der Waals surface area contributed by atoms with Gasteiger partial charge >= 0.3 is 0 Å². The molecule has 6 nitrogen and oxygen atoms in total. The minimum atomic E-state index is -0.300. The average Bonchev–Trinajstić information content (AvgIpc) is 2.95. The summed E-state index contributed by atoms with van der Waals surface area (Å²) in [7, 11) is 0. The van der Waals surface area contributed by atoms with E-state index in [0.29, 0.717) is 6.54 Å². The van der Waals surface area contributed by atoms with Crippen LogP contribution in [0, 0.1) is 0 Å². The summed E-state index contributed by atoms with van der Waals surface area (Å²) in [4.78, 5) is 33.0. The first-order valence-corrected chi connectivity index (χ1v) is 9.17. The molecular weight excluding hydrogens is 328 g/mol. The zero-order valence-corrected chi connectivity index (χ0v) is 14.8. The normalized spacial score (nSPS) is 15.1. The highest BCUT2D eigenvalue weighted by Gasteiger charge is 2.17. The molecule has 0 saturated heterocycles. The summed E-state index contributed by atoms with van der Waals surface area (Å²) in [5, 5.41) is 5.87. The van der Waals surface area contributed by atoms with E-state index in [-0.39, 0.29) is 29.2 Å². The van der Waals surface area contributed by atoms with E-state index in [1.807, 2.05) is 12.1 Å². The van der Waals surface area contributed by atoms with Crippen LogP contribution in [-0.2, 0) is 6.54 Å². The zero-order valence-electron chi connectivity index (χ0n) is 14.8. The summed E-state index contributed by atoms with van der Waals surface area (Å²) >= 11 is 0. The van der Waals surface area contributed by atoms with Crippen molar-refractivity contribution in [3.8, 4) is 0 Å². The molecule has 0 bridgehead atoms. The maximum Gasteiger partial charge on any atom is 0.270 e. The summed E-state index contributed by atoms with van der Waals surface area (Å²) in [5.41, 5.74) is 1.48. The molecule has 6 heteroatoms. The quantitative estimate of drug-likeness (QED) is 0.811. The second-order valence-electron chi connectivity index (χ2n) is 6.61. The molecule has 1 fully saturated rings. The number of pyridine rings is 2. The molecule has 0 aromatic carbocycles. The lowest BCUT2D eigenvalue weighted by molar-refractivity contribution is 0.0927. The molecule has 1 saturated carbocycles. The number of amides is 2. The summed E-state index contributed by atoms with van der Waals surface area (Å²) < 4.78 is 0. The smallest absolute Gasteiger partial charge is 0.270 e. The molecule has 26 heavy (non-hydrogen) atoms. The SMILES string of the molecule is O=C(NCc1ccncc1)c1cccc(C(=O)NC2CCCCCC2)n1. The molecule has 2 aromatic heterocycles. The second kappa shape index (κ2) is 9.08. The third kappa shape index (κ3) is 5.12. The predicted molar refractivity (Wildman–Crippen MR) is 98.6 cm³/mol. The fourth-order valence-electron chi connectivity index (χ4n) is 3.14. The van der Waals surface area contributed by atoms with Gasteiger partial charge in [0.05, 0.1) is 0 Å². The Morgan fingerprint density at radius 1 is 0.923 bits per heavy atom. The van der Waals surface area contributed by atoms with Gasteiger partial charge in [0.2, 0.25) is 0 Å². The van der Waals surface area contributed by atoms with Crippen molar-refractivity contribution in [3.05, 3.63) is 59.7 Å². The van der Waals surface area contributed by atoms with Crippen LogP contribution < -0.4 is 10.6 Å². The Hall–Kier alpha value is -2.76. The van der Waals surface area contributed by atoms with Crippen LogP contribution in [0.5, 0.6) is 0 Å². The Morgan fingerprint density at radius 2 is 1.58 bits per heavy atom. The van der Waals surface area contributed by atoms with Crippen molar-refractivity contribution in [1.29, 1.82) is 0 Å². The molecule has 136 valence electrons. The van der Waals surface area contributed by atoms with Crippen molar-refractivity contribution >= 4 is 11.8 Å². The minimum Gasteiger partial charge on any atom is -0.348 e. The minimum absolute atomic E-state index is 0.205. The average molecular weight is 352 g/mol. The lowest BCUT2D eigenvalue weighted by atomic mass is 10.1. The number of carbonyl (C=O) groups is 2. The molecule has 2 aromatic rings. The predicted octanol–water partition coefficient (Wildman–Crippen LogP) is 2.86. The molecule has 0 unspecified atom stereocenters. The lowest BCUT2D eigenvalue weighted by Crippen LogP contribution is -2.35. The summed E-state index contributed by atoms with van der Waals surface area (Å²) in [6, 6.07) is 8.83. The van der Waals surface area contributed by atoms with E-state index in [9.17, 15) is 9.59 Å².